The molecule has 7 nitrogen and oxygen atoms in total. The van der Waals surface area contributed by atoms with Crippen LogP contribution >= 0.6 is 11.3 Å². The SMILES string of the molecule is Cc1cccc(-c2nc3s/c(=C\c4cn(-c5ccccc5)nc4-c4ccco4)c(=O)n3n2)c1. The lowest BCUT2D eigenvalue weighted by molar-refractivity contribution is 0.579. The van der Waals surface area contributed by atoms with E-state index in [2.05, 4.69) is 10.1 Å². The molecule has 8 heteroatoms. The first-order chi connectivity index (χ1) is 16.2. The summed E-state index contributed by atoms with van der Waals surface area (Å²) in [4.78, 5) is 18.2. The Labute approximate surface area is 191 Å². The van der Waals surface area contributed by atoms with E-state index >= 15 is 0 Å². The number of rotatable bonds is 4. The highest BCUT2D eigenvalue weighted by molar-refractivity contribution is 7.15. The summed E-state index contributed by atoms with van der Waals surface area (Å²) in [5, 5.41) is 9.16. The molecule has 6 aromatic rings. The van der Waals surface area contributed by atoms with Crippen molar-refractivity contribution in [3.63, 3.8) is 0 Å². The summed E-state index contributed by atoms with van der Waals surface area (Å²) in [5.41, 5.74) is 4.14. The maximum Gasteiger partial charge on any atom is 0.291 e. The molecule has 0 aliphatic heterocycles. The van der Waals surface area contributed by atoms with Crippen LogP contribution in [0.15, 0.2) is 88.4 Å². The number of hydrogen-bond donors (Lipinski definition) is 0. The first-order valence-electron chi connectivity index (χ1n) is 10.3. The second kappa shape index (κ2) is 7.68. The van der Waals surface area contributed by atoms with E-state index in [1.165, 1.54) is 15.9 Å². The Morgan fingerprint density at radius 3 is 2.64 bits per heavy atom. The lowest BCUT2D eigenvalue weighted by Gasteiger charge is -1.98. The standard InChI is InChI=1S/C25H17N5O2S/c1-16-7-5-8-17(13-16)23-26-25-30(28-23)24(31)21(33-25)14-18-15-29(19-9-3-2-4-10-19)27-22(18)20-11-6-12-32-20/h2-15H,1H3/b21-14-. The normalized spacial score (nSPS) is 12.1. The molecule has 0 N–H and O–H groups in total. The maximum atomic E-state index is 13.1. The fourth-order valence-electron chi connectivity index (χ4n) is 3.69. The number of aryl methyl sites for hydroxylation is 1. The molecular weight excluding hydrogens is 434 g/mol. The van der Waals surface area contributed by atoms with E-state index in [0.29, 0.717) is 26.8 Å². The highest BCUT2D eigenvalue weighted by atomic mass is 32.1. The first-order valence-corrected chi connectivity index (χ1v) is 11.1. The van der Waals surface area contributed by atoms with E-state index < -0.39 is 0 Å². The molecule has 160 valence electrons. The van der Waals surface area contributed by atoms with Crippen LogP contribution in [0.2, 0.25) is 0 Å². The molecule has 4 aromatic heterocycles. The van der Waals surface area contributed by atoms with Gasteiger partial charge in [-0.2, -0.15) is 14.6 Å². The highest BCUT2D eigenvalue weighted by Crippen LogP contribution is 2.25. The van der Waals surface area contributed by atoms with Crippen molar-refractivity contribution >= 4 is 22.4 Å². The highest BCUT2D eigenvalue weighted by Gasteiger charge is 2.16. The summed E-state index contributed by atoms with van der Waals surface area (Å²) in [6, 6.07) is 21.4. The van der Waals surface area contributed by atoms with Crippen molar-refractivity contribution in [1.29, 1.82) is 0 Å². The summed E-state index contributed by atoms with van der Waals surface area (Å²) < 4.78 is 9.27. The molecule has 0 aliphatic rings. The van der Waals surface area contributed by atoms with Gasteiger partial charge >= 0.3 is 0 Å². The van der Waals surface area contributed by atoms with Gasteiger partial charge in [-0.05, 0) is 43.3 Å². The fourth-order valence-corrected chi connectivity index (χ4v) is 4.59. The molecule has 0 spiro atoms. The minimum absolute atomic E-state index is 0.209. The van der Waals surface area contributed by atoms with Gasteiger partial charge in [0.25, 0.3) is 5.56 Å². The van der Waals surface area contributed by atoms with Crippen molar-refractivity contribution in [2.75, 3.05) is 0 Å². The Hall–Kier alpha value is -4.30. The van der Waals surface area contributed by atoms with E-state index in [1.54, 1.807) is 10.9 Å². The zero-order valence-electron chi connectivity index (χ0n) is 17.5. The monoisotopic (exact) mass is 451 g/mol. The van der Waals surface area contributed by atoms with Gasteiger partial charge in [-0.15, -0.1) is 5.10 Å². The number of furan rings is 1. The predicted octanol–water partition coefficient (Wildman–Crippen LogP) is 4.12. The quantitative estimate of drug-likeness (QED) is 0.403. The van der Waals surface area contributed by atoms with Crippen molar-refractivity contribution in [3.8, 4) is 28.5 Å². The van der Waals surface area contributed by atoms with Gasteiger partial charge in [-0.3, -0.25) is 4.79 Å². The number of nitrogens with zero attached hydrogens (tertiary/aromatic N) is 5. The second-order valence-electron chi connectivity index (χ2n) is 7.61. The molecule has 0 fully saturated rings. The lowest BCUT2D eigenvalue weighted by Crippen LogP contribution is -2.23. The summed E-state index contributed by atoms with van der Waals surface area (Å²) in [6.45, 7) is 2.01. The van der Waals surface area contributed by atoms with Gasteiger partial charge in [0, 0.05) is 17.3 Å². The first kappa shape index (κ1) is 19.4. The average Bonchev–Trinajstić information content (AvgIpc) is 3.61. The Morgan fingerprint density at radius 1 is 1.00 bits per heavy atom. The lowest BCUT2D eigenvalue weighted by atomic mass is 10.1. The summed E-state index contributed by atoms with van der Waals surface area (Å²) in [6.07, 6.45) is 5.32. The van der Waals surface area contributed by atoms with Gasteiger partial charge in [0.1, 0.15) is 5.69 Å². The van der Waals surface area contributed by atoms with Gasteiger partial charge in [0.15, 0.2) is 11.6 Å². The molecule has 0 amide bonds. The largest absolute Gasteiger partial charge is 0.463 e. The Morgan fingerprint density at radius 2 is 1.88 bits per heavy atom. The maximum absolute atomic E-state index is 13.1. The van der Waals surface area contributed by atoms with E-state index in [-0.39, 0.29) is 5.56 Å². The summed E-state index contributed by atoms with van der Waals surface area (Å²) in [7, 11) is 0. The zero-order chi connectivity index (χ0) is 22.4. The number of aromatic nitrogens is 5. The van der Waals surface area contributed by atoms with E-state index in [4.69, 9.17) is 9.52 Å². The van der Waals surface area contributed by atoms with Crippen molar-refractivity contribution in [2.45, 2.75) is 6.92 Å². The van der Waals surface area contributed by atoms with Gasteiger partial charge in [-0.25, -0.2) is 4.68 Å². The molecule has 33 heavy (non-hydrogen) atoms. The van der Waals surface area contributed by atoms with Crippen molar-refractivity contribution in [3.05, 3.63) is 105 Å². The predicted molar refractivity (Wildman–Crippen MR) is 127 cm³/mol. The van der Waals surface area contributed by atoms with E-state index in [0.717, 1.165) is 22.4 Å². The summed E-state index contributed by atoms with van der Waals surface area (Å²) >= 11 is 1.30. The Balaban J connectivity index is 1.48. The van der Waals surface area contributed by atoms with Crippen LogP contribution in [0.4, 0.5) is 0 Å². The minimum atomic E-state index is -0.209. The number of benzene rings is 2. The minimum Gasteiger partial charge on any atom is -0.463 e. The number of para-hydroxylation sites is 1. The third kappa shape index (κ3) is 3.46. The van der Waals surface area contributed by atoms with Crippen LogP contribution in [0.3, 0.4) is 0 Å². The van der Waals surface area contributed by atoms with Gasteiger partial charge in [-0.1, -0.05) is 53.3 Å². The molecule has 0 saturated carbocycles. The van der Waals surface area contributed by atoms with Crippen molar-refractivity contribution in [1.82, 2.24) is 24.4 Å². The molecule has 0 unspecified atom stereocenters. The molecular formula is C25H17N5O2S. The van der Waals surface area contributed by atoms with Gasteiger partial charge in [0.05, 0.1) is 16.5 Å². The molecule has 6 rings (SSSR count). The summed E-state index contributed by atoms with van der Waals surface area (Å²) in [5.74, 6) is 1.17. The fraction of sp³-hybridized carbons (Fsp3) is 0.0400. The smallest absolute Gasteiger partial charge is 0.291 e. The third-order valence-corrected chi connectivity index (χ3v) is 6.22. The second-order valence-corrected chi connectivity index (χ2v) is 8.61. The third-order valence-electron chi connectivity index (χ3n) is 5.26. The van der Waals surface area contributed by atoms with E-state index in [1.807, 2.05) is 85.9 Å². The number of fused-ring (bicyclic) bond motifs is 1. The molecule has 4 heterocycles. The van der Waals surface area contributed by atoms with Crippen molar-refractivity contribution in [2.24, 2.45) is 0 Å². The Kier molecular flexibility index (Phi) is 4.51. The van der Waals surface area contributed by atoms with Crippen LogP contribution in [0.5, 0.6) is 0 Å². The van der Waals surface area contributed by atoms with E-state index in [9.17, 15) is 4.79 Å². The van der Waals surface area contributed by atoms with Crippen LogP contribution < -0.4 is 10.1 Å². The van der Waals surface area contributed by atoms with Crippen LogP contribution in [-0.4, -0.2) is 24.4 Å². The average molecular weight is 452 g/mol. The van der Waals surface area contributed by atoms with Gasteiger partial charge in [0.2, 0.25) is 4.96 Å². The zero-order valence-corrected chi connectivity index (χ0v) is 18.4. The molecule has 0 aliphatic carbocycles. The molecule has 0 radical (unpaired) electrons. The number of hydrogen-bond acceptors (Lipinski definition) is 6. The van der Waals surface area contributed by atoms with Crippen LogP contribution in [-0.2, 0) is 0 Å². The van der Waals surface area contributed by atoms with Crippen molar-refractivity contribution < 1.29 is 4.42 Å². The number of thiazole rings is 1. The molecule has 0 saturated heterocycles. The Bertz CT molecular complexity index is 1700. The van der Waals surface area contributed by atoms with Crippen LogP contribution in [0, 0.1) is 6.92 Å². The van der Waals surface area contributed by atoms with Gasteiger partial charge < -0.3 is 4.42 Å². The van der Waals surface area contributed by atoms with Crippen LogP contribution in [0.25, 0.3) is 39.6 Å². The topological polar surface area (TPSA) is 78.2 Å². The van der Waals surface area contributed by atoms with Crippen LogP contribution in [0.1, 0.15) is 11.1 Å². The molecule has 0 bridgehead atoms. The molecule has 2 aromatic carbocycles. The molecule has 0 atom stereocenters.